The third-order valence-corrected chi connectivity index (χ3v) is 6.88. The molecule has 1 aromatic carbocycles. The molecule has 5 aliphatic carbocycles. The van der Waals surface area contributed by atoms with E-state index in [9.17, 15) is 0 Å². The number of benzene rings is 1. The first-order chi connectivity index (χ1) is 10.3. The van der Waals surface area contributed by atoms with Gasteiger partial charge in [-0.2, -0.15) is 0 Å². The van der Waals surface area contributed by atoms with Crippen LogP contribution in [0, 0.1) is 23.7 Å². The van der Waals surface area contributed by atoms with E-state index in [1.54, 1.807) is 11.1 Å². The van der Waals surface area contributed by atoms with Crippen LogP contribution in [0.25, 0.3) is 0 Å². The molecule has 0 heterocycles. The van der Waals surface area contributed by atoms with Crippen molar-refractivity contribution < 1.29 is 9.47 Å². The minimum absolute atomic E-state index is 0.405. The lowest BCUT2D eigenvalue weighted by molar-refractivity contribution is -0.234. The van der Waals surface area contributed by atoms with Gasteiger partial charge in [-0.1, -0.05) is 36.4 Å². The number of ether oxygens (including phenoxy) is 2. The Hall–Kier alpha value is -1.12. The number of hydrogen-bond acceptors (Lipinski definition) is 2. The SMILES string of the molecule is COC1(OC)[C@H]2C=C[C@H]1[C@@H]1[C@@H]2[C@H]2CC[C@H]1c1ccccc12. The minimum Gasteiger partial charge on any atom is -0.352 e. The van der Waals surface area contributed by atoms with Gasteiger partial charge in [-0.25, -0.2) is 0 Å². The van der Waals surface area contributed by atoms with Crippen LogP contribution in [0.3, 0.4) is 0 Å². The zero-order valence-electron chi connectivity index (χ0n) is 12.7. The van der Waals surface area contributed by atoms with E-state index in [0.29, 0.717) is 35.5 Å². The Kier molecular flexibility index (Phi) is 2.36. The predicted octanol–water partition coefficient (Wildman–Crippen LogP) is 3.70. The molecule has 2 heteroatoms. The highest BCUT2D eigenvalue weighted by molar-refractivity contribution is 5.44. The number of fused-ring (bicyclic) bond motifs is 3. The summed E-state index contributed by atoms with van der Waals surface area (Å²) in [5, 5.41) is 0. The molecule has 110 valence electrons. The smallest absolute Gasteiger partial charge is 0.180 e. The third-order valence-electron chi connectivity index (χ3n) is 6.88. The molecule has 0 N–H and O–H groups in total. The molecule has 0 aliphatic heterocycles. The first-order valence-corrected chi connectivity index (χ1v) is 8.19. The van der Waals surface area contributed by atoms with Crippen LogP contribution in [0.2, 0.25) is 0 Å². The van der Waals surface area contributed by atoms with Crippen LogP contribution in [0.4, 0.5) is 0 Å². The summed E-state index contributed by atoms with van der Waals surface area (Å²) in [6.07, 6.45) is 7.43. The molecule has 1 aromatic rings. The maximum Gasteiger partial charge on any atom is 0.180 e. The van der Waals surface area contributed by atoms with Crippen LogP contribution in [-0.4, -0.2) is 20.0 Å². The summed E-state index contributed by atoms with van der Waals surface area (Å²) in [7, 11) is 3.64. The number of rotatable bonds is 2. The lowest BCUT2D eigenvalue weighted by atomic mass is 9.54. The maximum atomic E-state index is 5.97. The van der Waals surface area contributed by atoms with E-state index in [1.165, 1.54) is 12.8 Å². The van der Waals surface area contributed by atoms with E-state index < -0.39 is 5.79 Å². The lowest BCUT2D eigenvalue weighted by Gasteiger charge is -2.50. The molecule has 0 radical (unpaired) electrons. The summed E-state index contributed by atoms with van der Waals surface area (Å²) in [5.41, 5.74) is 3.22. The van der Waals surface area contributed by atoms with Gasteiger partial charge in [0.1, 0.15) is 0 Å². The molecule has 0 saturated heterocycles. The molecule has 2 fully saturated rings. The molecule has 4 bridgehead atoms. The van der Waals surface area contributed by atoms with Gasteiger partial charge in [0.05, 0.1) is 0 Å². The van der Waals surface area contributed by atoms with Crippen LogP contribution >= 0.6 is 0 Å². The molecule has 0 aromatic heterocycles. The van der Waals surface area contributed by atoms with Crippen molar-refractivity contribution in [2.75, 3.05) is 14.2 Å². The van der Waals surface area contributed by atoms with Crippen molar-refractivity contribution in [1.29, 1.82) is 0 Å². The maximum absolute atomic E-state index is 5.97. The highest BCUT2D eigenvalue weighted by Crippen LogP contribution is 2.70. The van der Waals surface area contributed by atoms with Crippen molar-refractivity contribution in [3.63, 3.8) is 0 Å². The molecular weight excluding hydrogens is 260 g/mol. The number of hydrogen-bond donors (Lipinski definition) is 0. The van der Waals surface area contributed by atoms with Crippen molar-refractivity contribution in [3.8, 4) is 0 Å². The molecule has 6 atom stereocenters. The summed E-state index contributed by atoms with van der Waals surface area (Å²) in [4.78, 5) is 0. The zero-order valence-corrected chi connectivity index (χ0v) is 12.7. The molecule has 0 unspecified atom stereocenters. The van der Waals surface area contributed by atoms with Crippen LogP contribution in [-0.2, 0) is 9.47 Å². The van der Waals surface area contributed by atoms with Crippen LogP contribution in [0.15, 0.2) is 36.4 Å². The third kappa shape index (κ3) is 1.24. The quantitative estimate of drug-likeness (QED) is 0.608. The molecule has 2 nitrogen and oxygen atoms in total. The Labute approximate surface area is 126 Å². The summed E-state index contributed by atoms with van der Waals surface area (Å²) >= 11 is 0. The minimum atomic E-state index is -0.405. The van der Waals surface area contributed by atoms with E-state index in [-0.39, 0.29) is 0 Å². The van der Waals surface area contributed by atoms with Crippen LogP contribution in [0.1, 0.15) is 35.8 Å². The monoisotopic (exact) mass is 282 g/mol. The van der Waals surface area contributed by atoms with Crippen molar-refractivity contribution in [2.45, 2.75) is 30.5 Å². The second-order valence-corrected chi connectivity index (χ2v) is 7.14. The largest absolute Gasteiger partial charge is 0.352 e. The van der Waals surface area contributed by atoms with Gasteiger partial charge in [0.15, 0.2) is 5.79 Å². The average molecular weight is 282 g/mol. The van der Waals surface area contributed by atoms with Crippen molar-refractivity contribution in [1.82, 2.24) is 0 Å². The van der Waals surface area contributed by atoms with Crippen molar-refractivity contribution >= 4 is 0 Å². The predicted molar refractivity (Wildman–Crippen MR) is 81.0 cm³/mol. The standard InChI is InChI=1S/C19H22O2/c1-20-19(21-2)15-9-10-16(19)18-14-8-7-13(17(15)18)11-5-3-4-6-12(11)14/h3-6,9-10,13-18H,7-8H2,1-2H3/t13-,14-,15-,16-,17+,18+/m0/s1. The molecule has 2 saturated carbocycles. The summed E-state index contributed by atoms with van der Waals surface area (Å²) < 4.78 is 11.9. The van der Waals surface area contributed by atoms with E-state index in [4.69, 9.17) is 9.47 Å². The van der Waals surface area contributed by atoms with Crippen LogP contribution in [0.5, 0.6) is 0 Å². The van der Waals surface area contributed by atoms with Gasteiger partial charge >= 0.3 is 0 Å². The van der Waals surface area contributed by atoms with E-state index in [2.05, 4.69) is 36.4 Å². The number of methoxy groups -OCH3 is 2. The fourth-order valence-corrected chi connectivity index (χ4v) is 6.32. The fraction of sp³-hybridized carbons (Fsp3) is 0.579. The summed E-state index contributed by atoms with van der Waals surface area (Å²) in [6.45, 7) is 0. The molecule has 0 spiro atoms. The molecule has 0 amide bonds. The first-order valence-electron chi connectivity index (χ1n) is 8.19. The Balaban J connectivity index is 1.69. The Morgan fingerprint density at radius 3 is 1.76 bits per heavy atom. The fourth-order valence-electron chi connectivity index (χ4n) is 6.32. The molecular formula is C19H22O2. The molecule has 6 rings (SSSR count). The van der Waals surface area contributed by atoms with Gasteiger partial charge < -0.3 is 9.47 Å². The van der Waals surface area contributed by atoms with Crippen LogP contribution < -0.4 is 0 Å². The summed E-state index contributed by atoms with van der Waals surface area (Å²) in [6, 6.07) is 9.13. The van der Waals surface area contributed by atoms with Gasteiger partial charge in [0, 0.05) is 26.1 Å². The molecule has 21 heavy (non-hydrogen) atoms. The van der Waals surface area contributed by atoms with Gasteiger partial charge in [-0.05, 0) is 47.6 Å². The highest BCUT2D eigenvalue weighted by Gasteiger charge is 2.68. The summed E-state index contributed by atoms with van der Waals surface area (Å²) in [5.74, 6) is 3.23. The van der Waals surface area contributed by atoms with E-state index in [1.807, 2.05) is 14.2 Å². The Bertz CT molecular complexity index is 567. The van der Waals surface area contributed by atoms with E-state index >= 15 is 0 Å². The topological polar surface area (TPSA) is 18.5 Å². The first kappa shape index (κ1) is 12.4. The average Bonchev–Trinajstić information content (AvgIpc) is 3.07. The van der Waals surface area contributed by atoms with Crippen molar-refractivity contribution in [3.05, 3.63) is 47.5 Å². The van der Waals surface area contributed by atoms with Gasteiger partial charge in [-0.15, -0.1) is 0 Å². The zero-order chi connectivity index (χ0) is 14.2. The van der Waals surface area contributed by atoms with Gasteiger partial charge in [0.25, 0.3) is 0 Å². The lowest BCUT2D eigenvalue weighted by Crippen LogP contribution is -2.41. The second-order valence-electron chi connectivity index (χ2n) is 7.14. The van der Waals surface area contributed by atoms with E-state index in [0.717, 1.165) is 0 Å². The van der Waals surface area contributed by atoms with Crippen molar-refractivity contribution in [2.24, 2.45) is 23.7 Å². The van der Waals surface area contributed by atoms with Gasteiger partial charge in [-0.3, -0.25) is 0 Å². The second kappa shape index (κ2) is 3.99. The normalized spacial score (nSPS) is 43.9. The molecule has 5 aliphatic rings. The highest BCUT2D eigenvalue weighted by atomic mass is 16.7. The Morgan fingerprint density at radius 2 is 1.33 bits per heavy atom. The van der Waals surface area contributed by atoms with Gasteiger partial charge in [0.2, 0.25) is 0 Å². The Morgan fingerprint density at radius 1 is 0.857 bits per heavy atom.